The highest BCUT2D eigenvalue weighted by atomic mass is 16.3. The molecule has 2 nitrogen and oxygen atoms in total. The van der Waals surface area contributed by atoms with E-state index in [0.29, 0.717) is 6.04 Å². The van der Waals surface area contributed by atoms with Crippen molar-refractivity contribution in [3.05, 3.63) is 0 Å². The van der Waals surface area contributed by atoms with Crippen molar-refractivity contribution in [3.63, 3.8) is 0 Å². The number of hydrogen-bond donors (Lipinski definition) is 1. The molecular formula is C14H27NO. The molecule has 2 aliphatic rings. The Balaban J connectivity index is 1.80. The lowest BCUT2D eigenvalue weighted by Gasteiger charge is -2.42. The van der Waals surface area contributed by atoms with Crippen LogP contribution in [0.25, 0.3) is 0 Å². The zero-order valence-corrected chi connectivity index (χ0v) is 11.0. The van der Waals surface area contributed by atoms with E-state index in [1.165, 1.54) is 25.8 Å². The van der Waals surface area contributed by atoms with E-state index in [2.05, 4.69) is 25.8 Å². The molecule has 0 aromatic heterocycles. The van der Waals surface area contributed by atoms with Gasteiger partial charge in [-0.25, -0.2) is 0 Å². The van der Waals surface area contributed by atoms with Gasteiger partial charge in [-0.05, 0) is 56.9 Å². The third kappa shape index (κ3) is 2.78. The standard InChI is InChI=1S/C14H27NO/c1-10-6-12(7-10)9-15(3)14-8-13(16)5-4-11(14)2/h10-14,16H,4-9H2,1-3H3. The maximum atomic E-state index is 9.77. The highest BCUT2D eigenvalue weighted by molar-refractivity contribution is 4.86. The average Bonchev–Trinajstić information content (AvgIpc) is 2.19. The van der Waals surface area contributed by atoms with Crippen LogP contribution in [0.4, 0.5) is 0 Å². The maximum Gasteiger partial charge on any atom is 0.0555 e. The van der Waals surface area contributed by atoms with Gasteiger partial charge in [0.25, 0.3) is 0 Å². The average molecular weight is 225 g/mol. The van der Waals surface area contributed by atoms with Crippen LogP contribution in [0.1, 0.15) is 46.0 Å². The van der Waals surface area contributed by atoms with E-state index in [1.54, 1.807) is 0 Å². The monoisotopic (exact) mass is 225 g/mol. The van der Waals surface area contributed by atoms with Crippen LogP contribution >= 0.6 is 0 Å². The molecular weight excluding hydrogens is 198 g/mol. The van der Waals surface area contributed by atoms with Crippen LogP contribution in [0, 0.1) is 17.8 Å². The zero-order chi connectivity index (χ0) is 11.7. The van der Waals surface area contributed by atoms with E-state index in [0.717, 1.165) is 30.6 Å². The minimum atomic E-state index is -0.0519. The molecule has 2 rings (SSSR count). The van der Waals surface area contributed by atoms with Crippen LogP contribution in [0.5, 0.6) is 0 Å². The van der Waals surface area contributed by atoms with Crippen LogP contribution in [0.3, 0.4) is 0 Å². The van der Waals surface area contributed by atoms with Crippen LogP contribution in [0.2, 0.25) is 0 Å². The van der Waals surface area contributed by atoms with Crippen molar-refractivity contribution >= 4 is 0 Å². The van der Waals surface area contributed by atoms with Crippen LogP contribution in [0.15, 0.2) is 0 Å². The molecule has 0 radical (unpaired) electrons. The second kappa shape index (κ2) is 5.05. The predicted octanol–water partition coefficient (Wildman–Crippen LogP) is 2.51. The molecule has 0 heterocycles. The number of aliphatic hydroxyl groups is 1. The normalized spacial score (nSPS) is 44.4. The molecule has 2 saturated carbocycles. The smallest absolute Gasteiger partial charge is 0.0555 e. The third-order valence-electron chi connectivity index (χ3n) is 4.71. The van der Waals surface area contributed by atoms with E-state index >= 15 is 0 Å². The van der Waals surface area contributed by atoms with Gasteiger partial charge >= 0.3 is 0 Å². The minimum Gasteiger partial charge on any atom is -0.393 e. The SMILES string of the molecule is CC1CC(CN(C)C2CC(O)CCC2C)C1. The van der Waals surface area contributed by atoms with E-state index in [4.69, 9.17) is 0 Å². The minimum absolute atomic E-state index is 0.0519. The lowest BCUT2D eigenvalue weighted by molar-refractivity contribution is 0.0259. The number of aliphatic hydroxyl groups excluding tert-OH is 1. The van der Waals surface area contributed by atoms with Gasteiger partial charge in [0.15, 0.2) is 0 Å². The second-order valence-electron chi connectivity index (χ2n) is 6.39. The molecule has 2 aliphatic carbocycles. The van der Waals surface area contributed by atoms with Gasteiger partial charge in [-0.2, -0.15) is 0 Å². The van der Waals surface area contributed by atoms with Gasteiger partial charge in [-0.15, -0.1) is 0 Å². The Morgan fingerprint density at radius 1 is 1.12 bits per heavy atom. The Labute approximate surface area is 100 Å². The molecule has 16 heavy (non-hydrogen) atoms. The van der Waals surface area contributed by atoms with Gasteiger partial charge in [0, 0.05) is 12.6 Å². The first-order valence-corrected chi connectivity index (χ1v) is 6.94. The molecule has 2 fully saturated rings. The maximum absolute atomic E-state index is 9.77. The number of rotatable bonds is 3. The zero-order valence-electron chi connectivity index (χ0n) is 11.0. The first kappa shape index (κ1) is 12.4. The summed E-state index contributed by atoms with van der Waals surface area (Å²) in [6.45, 7) is 5.94. The van der Waals surface area contributed by atoms with E-state index in [1.807, 2.05) is 0 Å². The highest BCUT2D eigenvalue weighted by Crippen LogP contribution is 2.35. The Hall–Kier alpha value is -0.0800. The van der Waals surface area contributed by atoms with Crippen molar-refractivity contribution in [1.29, 1.82) is 0 Å². The summed E-state index contributed by atoms with van der Waals surface area (Å²) in [4.78, 5) is 2.52. The third-order valence-corrected chi connectivity index (χ3v) is 4.71. The Bertz CT molecular complexity index is 225. The summed E-state index contributed by atoms with van der Waals surface area (Å²) in [5, 5.41) is 9.77. The largest absolute Gasteiger partial charge is 0.393 e. The van der Waals surface area contributed by atoms with Gasteiger partial charge < -0.3 is 10.0 Å². The van der Waals surface area contributed by atoms with Gasteiger partial charge in [0.05, 0.1) is 6.10 Å². The second-order valence-corrected chi connectivity index (χ2v) is 6.39. The van der Waals surface area contributed by atoms with Gasteiger partial charge in [0.2, 0.25) is 0 Å². The fourth-order valence-corrected chi connectivity index (χ4v) is 3.65. The fraction of sp³-hybridized carbons (Fsp3) is 1.00. The number of hydrogen-bond acceptors (Lipinski definition) is 2. The summed E-state index contributed by atoms with van der Waals surface area (Å²) >= 11 is 0. The van der Waals surface area contributed by atoms with E-state index in [9.17, 15) is 5.11 Å². The lowest BCUT2D eigenvalue weighted by Crippen LogP contribution is -2.46. The molecule has 0 saturated heterocycles. The molecule has 2 heteroatoms. The summed E-state index contributed by atoms with van der Waals surface area (Å²) in [5.74, 6) is 2.63. The summed E-state index contributed by atoms with van der Waals surface area (Å²) < 4.78 is 0. The van der Waals surface area contributed by atoms with Gasteiger partial charge in [-0.1, -0.05) is 13.8 Å². The molecule has 0 aliphatic heterocycles. The lowest BCUT2D eigenvalue weighted by atomic mass is 9.75. The van der Waals surface area contributed by atoms with Crippen molar-refractivity contribution in [2.75, 3.05) is 13.6 Å². The fourth-order valence-electron chi connectivity index (χ4n) is 3.65. The first-order valence-electron chi connectivity index (χ1n) is 6.94. The van der Waals surface area contributed by atoms with Gasteiger partial charge in [0.1, 0.15) is 0 Å². The van der Waals surface area contributed by atoms with Crippen LogP contribution in [-0.2, 0) is 0 Å². The molecule has 0 aromatic rings. The van der Waals surface area contributed by atoms with Crippen molar-refractivity contribution < 1.29 is 5.11 Å². The first-order chi connectivity index (χ1) is 7.56. The topological polar surface area (TPSA) is 23.5 Å². The quantitative estimate of drug-likeness (QED) is 0.798. The summed E-state index contributed by atoms with van der Waals surface area (Å²) in [5.41, 5.74) is 0. The van der Waals surface area contributed by atoms with Crippen LogP contribution in [-0.4, -0.2) is 35.7 Å². The Morgan fingerprint density at radius 3 is 2.44 bits per heavy atom. The molecule has 1 N–H and O–H groups in total. The molecule has 3 atom stereocenters. The van der Waals surface area contributed by atoms with E-state index in [-0.39, 0.29) is 6.10 Å². The van der Waals surface area contributed by atoms with Crippen molar-refractivity contribution in [2.45, 2.75) is 58.1 Å². The molecule has 0 bridgehead atoms. The Kier molecular flexibility index (Phi) is 3.91. The number of nitrogens with zero attached hydrogens (tertiary/aromatic N) is 1. The Morgan fingerprint density at radius 2 is 1.81 bits per heavy atom. The molecule has 94 valence electrons. The summed E-state index contributed by atoms with van der Waals surface area (Å²) in [7, 11) is 2.25. The summed E-state index contributed by atoms with van der Waals surface area (Å²) in [6.07, 6.45) is 5.95. The molecule has 0 aromatic carbocycles. The molecule has 3 unspecified atom stereocenters. The van der Waals surface area contributed by atoms with Crippen LogP contribution < -0.4 is 0 Å². The highest BCUT2D eigenvalue weighted by Gasteiger charge is 2.32. The summed E-state index contributed by atoms with van der Waals surface area (Å²) in [6, 6.07) is 0.611. The van der Waals surface area contributed by atoms with Crippen molar-refractivity contribution in [3.8, 4) is 0 Å². The van der Waals surface area contributed by atoms with E-state index < -0.39 is 0 Å². The van der Waals surface area contributed by atoms with Gasteiger partial charge in [-0.3, -0.25) is 0 Å². The van der Waals surface area contributed by atoms with Crippen molar-refractivity contribution in [2.24, 2.45) is 17.8 Å². The molecule has 0 spiro atoms. The molecule has 0 amide bonds. The van der Waals surface area contributed by atoms with Crippen molar-refractivity contribution in [1.82, 2.24) is 4.90 Å². The predicted molar refractivity (Wildman–Crippen MR) is 67.3 cm³/mol.